The smallest absolute Gasteiger partial charge is 0.353 e. The lowest BCUT2D eigenvalue weighted by Crippen LogP contribution is -2.08. The Morgan fingerprint density at radius 3 is 2.65 bits per heavy atom. The van der Waals surface area contributed by atoms with Gasteiger partial charge in [-0.2, -0.15) is 0 Å². The third kappa shape index (κ3) is 3.63. The lowest BCUT2D eigenvalue weighted by atomic mass is 10.2. The van der Waals surface area contributed by atoms with E-state index >= 15 is 0 Å². The maximum absolute atomic E-state index is 12.6. The van der Waals surface area contributed by atoms with Crippen LogP contribution in [0.5, 0.6) is 11.5 Å². The molecule has 1 aromatic heterocycles. The van der Waals surface area contributed by atoms with E-state index in [1.807, 2.05) is 66.0 Å². The van der Waals surface area contributed by atoms with Gasteiger partial charge >= 0.3 is 5.97 Å². The average molecular weight is 467 g/mol. The van der Waals surface area contributed by atoms with Gasteiger partial charge in [-0.25, -0.2) is 4.79 Å². The number of rotatable bonds is 4. The molecule has 0 radical (unpaired) electrons. The number of hydrogen-bond donors (Lipinski definition) is 0. The van der Waals surface area contributed by atoms with Gasteiger partial charge in [-0.1, -0.05) is 18.2 Å². The summed E-state index contributed by atoms with van der Waals surface area (Å²) in [5, 5.41) is 1.04. The number of halogens is 1. The normalized spacial score (nSPS) is 14.7. The maximum Gasteiger partial charge on any atom is 0.353 e. The van der Waals surface area contributed by atoms with Crippen LogP contribution in [0.15, 0.2) is 46.9 Å². The van der Waals surface area contributed by atoms with Crippen molar-refractivity contribution < 1.29 is 14.3 Å². The summed E-state index contributed by atoms with van der Waals surface area (Å²) >= 11 is 8.83. The second-order valence-electron chi connectivity index (χ2n) is 5.65. The molecule has 0 amide bonds. The van der Waals surface area contributed by atoms with Crippen LogP contribution in [0.4, 0.5) is 0 Å². The summed E-state index contributed by atoms with van der Waals surface area (Å²) in [5.41, 5.74) is 1.17. The summed E-state index contributed by atoms with van der Waals surface area (Å²) in [6, 6.07) is 13.8. The number of esters is 1. The van der Waals surface area contributed by atoms with Gasteiger partial charge in [0.1, 0.15) is 4.88 Å². The van der Waals surface area contributed by atoms with Crippen molar-refractivity contribution in [2.45, 2.75) is 4.58 Å². The molecule has 0 bridgehead atoms. The van der Waals surface area contributed by atoms with Gasteiger partial charge in [0.15, 0.2) is 11.5 Å². The number of thiophene rings is 1. The number of fused-ring (bicyclic) bond motifs is 1. The van der Waals surface area contributed by atoms with Gasteiger partial charge in [0, 0.05) is 16.2 Å². The van der Waals surface area contributed by atoms with Crippen molar-refractivity contribution in [3.05, 3.63) is 57.4 Å². The Kier molecular flexibility index (Phi) is 5.50. The molecular weight excluding hydrogens is 452 g/mol. The first-order valence-corrected chi connectivity index (χ1v) is 11.7. The summed E-state index contributed by atoms with van der Waals surface area (Å²) in [4.78, 5) is 13.2. The number of carbonyl (C=O) groups is 1. The molecule has 0 atom stereocenters. The molecule has 0 N–H and O–H groups in total. The van der Waals surface area contributed by atoms with Gasteiger partial charge in [-0.15, -0.1) is 34.9 Å². The van der Waals surface area contributed by atoms with Gasteiger partial charge in [-0.05, 0) is 51.1 Å². The first-order valence-electron chi connectivity index (χ1n) is 7.97. The fourth-order valence-corrected chi connectivity index (χ4v) is 7.05. The third-order valence-corrected chi connectivity index (χ3v) is 8.76. The Bertz CT molecular complexity index is 931. The highest BCUT2D eigenvalue weighted by Gasteiger charge is 2.23. The van der Waals surface area contributed by atoms with Crippen molar-refractivity contribution in [1.29, 1.82) is 0 Å². The number of carbonyl (C=O) groups excluding carboxylic acids is 1. The topological polar surface area (TPSA) is 35.5 Å². The molecule has 0 unspecified atom stereocenters. The predicted octanol–water partition coefficient (Wildman–Crippen LogP) is 6.37. The molecule has 0 spiro atoms. The summed E-state index contributed by atoms with van der Waals surface area (Å²) in [5.74, 6) is 2.92. The monoisotopic (exact) mass is 466 g/mol. The minimum Gasteiger partial charge on any atom is -0.493 e. The van der Waals surface area contributed by atoms with Crippen LogP contribution in [-0.2, 0) is 0 Å². The second-order valence-corrected chi connectivity index (χ2v) is 10.3. The zero-order chi connectivity index (χ0) is 18.1. The van der Waals surface area contributed by atoms with Crippen LogP contribution < -0.4 is 9.47 Å². The quantitative estimate of drug-likeness (QED) is 0.329. The third-order valence-electron chi connectivity index (χ3n) is 3.97. The Morgan fingerprint density at radius 1 is 1.15 bits per heavy atom. The zero-order valence-corrected chi connectivity index (χ0v) is 17.9. The molecule has 0 saturated carbocycles. The van der Waals surface area contributed by atoms with Crippen LogP contribution in [0.3, 0.4) is 0 Å². The first kappa shape index (κ1) is 18.2. The van der Waals surface area contributed by atoms with Gasteiger partial charge in [0.2, 0.25) is 0 Å². The number of benzene rings is 2. The summed E-state index contributed by atoms with van der Waals surface area (Å²) in [7, 11) is 1.59. The Hall–Kier alpha value is -1.15. The molecule has 1 saturated heterocycles. The molecule has 1 fully saturated rings. The van der Waals surface area contributed by atoms with E-state index in [-0.39, 0.29) is 5.97 Å². The Balaban J connectivity index is 1.63. The van der Waals surface area contributed by atoms with Crippen molar-refractivity contribution in [1.82, 2.24) is 0 Å². The number of hydrogen-bond acceptors (Lipinski definition) is 6. The summed E-state index contributed by atoms with van der Waals surface area (Å²) in [6.45, 7) is 0. The molecule has 1 aliphatic heterocycles. The highest BCUT2D eigenvalue weighted by Crippen LogP contribution is 2.49. The van der Waals surface area contributed by atoms with E-state index in [9.17, 15) is 4.79 Å². The van der Waals surface area contributed by atoms with Crippen molar-refractivity contribution in [3.63, 3.8) is 0 Å². The van der Waals surface area contributed by atoms with Gasteiger partial charge in [-0.3, -0.25) is 0 Å². The van der Waals surface area contributed by atoms with Gasteiger partial charge in [0.25, 0.3) is 0 Å². The Morgan fingerprint density at radius 2 is 1.92 bits per heavy atom. The van der Waals surface area contributed by atoms with Gasteiger partial charge < -0.3 is 9.47 Å². The van der Waals surface area contributed by atoms with E-state index in [0.717, 1.165) is 26.1 Å². The molecule has 2 aromatic carbocycles. The molecular formula is C19H15BrO3S3. The largest absolute Gasteiger partial charge is 0.493 e. The van der Waals surface area contributed by atoms with Crippen LogP contribution in [0.1, 0.15) is 19.8 Å². The molecule has 0 aliphatic carbocycles. The Labute approximate surface area is 172 Å². The lowest BCUT2D eigenvalue weighted by molar-refractivity contribution is 0.0733. The number of ether oxygens (including phenoxy) is 2. The fraction of sp³-hybridized carbons (Fsp3) is 0.211. The molecule has 4 rings (SSSR count). The first-order chi connectivity index (χ1) is 12.7. The van der Waals surface area contributed by atoms with Crippen molar-refractivity contribution >= 4 is 66.8 Å². The second kappa shape index (κ2) is 7.84. The van der Waals surface area contributed by atoms with E-state index < -0.39 is 0 Å². The van der Waals surface area contributed by atoms with Crippen LogP contribution in [-0.4, -0.2) is 24.6 Å². The average Bonchev–Trinajstić information content (AvgIpc) is 3.32. The van der Waals surface area contributed by atoms with E-state index in [1.54, 1.807) is 7.11 Å². The van der Waals surface area contributed by atoms with Crippen LogP contribution in [0, 0.1) is 0 Å². The van der Waals surface area contributed by atoms with E-state index in [4.69, 9.17) is 9.47 Å². The molecule has 3 nitrogen and oxygen atoms in total. The number of thioether (sulfide) groups is 2. The van der Waals surface area contributed by atoms with Crippen LogP contribution in [0.2, 0.25) is 0 Å². The summed E-state index contributed by atoms with van der Waals surface area (Å²) in [6.07, 6.45) is 0. The van der Waals surface area contributed by atoms with E-state index in [1.165, 1.54) is 16.9 Å². The van der Waals surface area contributed by atoms with Crippen LogP contribution in [0.25, 0.3) is 10.1 Å². The van der Waals surface area contributed by atoms with Crippen molar-refractivity contribution in [2.24, 2.45) is 0 Å². The predicted molar refractivity (Wildman–Crippen MR) is 115 cm³/mol. The van der Waals surface area contributed by atoms with Crippen molar-refractivity contribution in [3.8, 4) is 11.5 Å². The maximum atomic E-state index is 12.6. The number of methoxy groups -OCH3 is 1. The molecule has 2 heterocycles. The zero-order valence-electron chi connectivity index (χ0n) is 13.9. The molecule has 3 aromatic rings. The standard InChI is InChI=1S/C19H15BrO3S3/c1-22-14-9-12(19-24-6-7-25-19)8-13(20)17(14)23-18(21)16-10-11-4-2-3-5-15(11)26-16/h2-5,8-10,19H,6-7H2,1H3. The minimum atomic E-state index is -0.373. The minimum absolute atomic E-state index is 0.373. The fourth-order valence-electron chi connectivity index (χ4n) is 2.75. The van der Waals surface area contributed by atoms with E-state index in [0.29, 0.717) is 21.0 Å². The summed E-state index contributed by atoms with van der Waals surface area (Å²) < 4.78 is 13.4. The molecule has 1 aliphatic rings. The van der Waals surface area contributed by atoms with Crippen molar-refractivity contribution in [2.75, 3.05) is 18.6 Å². The SMILES string of the molecule is COc1cc(C2SCCS2)cc(Br)c1OC(=O)c1cc2ccccc2s1. The molecule has 7 heteroatoms. The lowest BCUT2D eigenvalue weighted by Gasteiger charge is -2.15. The highest BCUT2D eigenvalue weighted by molar-refractivity contribution is 9.10. The van der Waals surface area contributed by atoms with E-state index in [2.05, 4.69) is 15.9 Å². The highest BCUT2D eigenvalue weighted by atomic mass is 79.9. The molecule has 26 heavy (non-hydrogen) atoms. The molecule has 134 valence electrons. The van der Waals surface area contributed by atoms with Gasteiger partial charge in [0.05, 0.1) is 16.2 Å². The van der Waals surface area contributed by atoms with Crippen LogP contribution >= 0.6 is 50.8 Å².